The second-order valence-corrected chi connectivity index (χ2v) is 11.0. The predicted molar refractivity (Wildman–Crippen MR) is 143 cm³/mol. The largest absolute Gasteiger partial charge is 0.416 e. The number of carbonyl (C=O) groups excluding carboxylic acids is 1. The average molecular weight is 543 g/mol. The van der Waals surface area contributed by atoms with Gasteiger partial charge in [-0.05, 0) is 78.3 Å². The number of carbonyl (C=O) groups is 1. The van der Waals surface area contributed by atoms with Gasteiger partial charge < -0.3 is 9.88 Å². The lowest BCUT2D eigenvalue weighted by atomic mass is 10.0. The highest BCUT2D eigenvalue weighted by Crippen LogP contribution is 2.41. The summed E-state index contributed by atoms with van der Waals surface area (Å²) < 4.78 is 43.2. The number of rotatable bonds is 8. The molecule has 1 aromatic heterocycles. The van der Waals surface area contributed by atoms with Gasteiger partial charge in [0.25, 0.3) is 5.91 Å². The van der Waals surface area contributed by atoms with Crippen molar-refractivity contribution in [2.75, 3.05) is 5.75 Å². The molecule has 192 valence electrons. The number of hydrogen-bond donors (Lipinski definition) is 1. The van der Waals surface area contributed by atoms with E-state index in [2.05, 4.69) is 28.9 Å². The number of nitrogens with one attached hydrogen (secondary N) is 1. The quantitative estimate of drug-likeness (QED) is 0.227. The fourth-order valence-electron chi connectivity index (χ4n) is 4.65. The van der Waals surface area contributed by atoms with Gasteiger partial charge >= 0.3 is 6.18 Å². The standard InChI is InChI=1S/C29H26ClF3N2OS/c1-2-37-25-10-3-18(4-11-25)17-34-28(36)20-6-12-27-21(13-20)15-24(35(27)23-8-9-23)14-19-5-7-22(30)16-26(19)29(31,32)33/h3-7,10-13,15-16,23H,2,8-9,14,17H2,1H3,(H,34,36). The molecule has 0 radical (unpaired) electrons. The molecular weight excluding hydrogens is 517 g/mol. The minimum Gasteiger partial charge on any atom is -0.348 e. The molecule has 5 rings (SSSR count). The molecule has 37 heavy (non-hydrogen) atoms. The van der Waals surface area contributed by atoms with Crippen LogP contribution in [0.1, 0.15) is 58.5 Å². The second kappa shape index (κ2) is 10.5. The Morgan fingerprint density at radius 3 is 2.49 bits per heavy atom. The van der Waals surface area contributed by atoms with Crippen LogP contribution in [0.25, 0.3) is 10.9 Å². The lowest BCUT2D eigenvalue weighted by molar-refractivity contribution is -0.138. The fraction of sp³-hybridized carbons (Fsp3) is 0.276. The van der Waals surface area contributed by atoms with Gasteiger partial charge in [0.05, 0.1) is 5.56 Å². The molecule has 0 unspecified atom stereocenters. The Hall–Kier alpha value is -2.90. The van der Waals surface area contributed by atoms with Gasteiger partial charge in [0, 0.05) is 51.1 Å². The van der Waals surface area contributed by atoms with Crippen LogP contribution in [0.4, 0.5) is 13.2 Å². The van der Waals surface area contributed by atoms with Crippen LogP contribution >= 0.6 is 23.4 Å². The van der Waals surface area contributed by atoms with Crippen LogP contribution < -0.4 is 5.32 Å². The smallest absolute Gasteiger partial charge is 0.348 e. The Bertz CT molecular complexity index is 1440. The third-order valence-electron chi connectivity index (χ3n) is 6.53. The average Bonchev–Trinajstić information content (AvgIpc) is 3.64. The van der Waals surface area contributed by atoms with E-state index in [0.717, 1.165) is 46.8 Å². The molecule has 3 aromatic carbocycles. The Kier molecular flexibility index (Phi) is 7.28. The zero-order valence-corrected chi connectivity index (χ0v) is 21.8. The number of nitrogens with zero attached hydrogens (tertiary/aromatic N) is 1. The summed E-state index contributed by atoms with van der Waals surface area (Å²) in [5, 5.41) is 3.87. The zero-order valence-electron chi connectivity index (χ0n) is 20.2. The van der Waals surface area contributed by atoms with Crippen LogP contribution in [-0.4, -0.2) is 16.2 Å². The summed E-state index contributed by atoms with van der Waals surface area (Å²) in [5.41, 5.74) is 2.73. The van der Waals surface area contributed by atoms with Gasteiger partial charge in [0.1, 0.15) is 0 Å². The summed E-state index contributed by atoms with van der Waals surface area (Å²) in [6.45, 7) is 2.52. The normalized spacial score (nSPS) is 13.8. The first-order valence-electron chi connectivity index (χ1n) is 12.2. The van der Waals surface area contributed by atoms with E-state index in [1.54, 1.807) is 17.8 Å². The monoisotopic (exact) mass is 542 g/mol. The third-order valence-corrected chi connectivity index (χ3v) is 7.66. The maximum absolute atomic E-state index is 13.7. The maximum atomic E-state index is 13.7. The van der Waals surface area contributed by atoms with Gasteiger partial charge in [-0.2, -0.15) is 13.2 Å². The van der Waals surface area contributed by atoms with E-state index in [-0.39, 0.29) is 29.0 Å². The molecule has 1 aliphatic rings. The molecule has 3 nitrogen and oxygen atoms in total. The molecule has 8 heteroatoms. The second-order valence-electron chi connectivity index (χ2n) is 9.25. The molecule has 1 aliphatic carbocycles. The number of thioether (sulfide) groups is 1. The first-order valence-corrected chi connectivity index (χ1v) is 13.6. The summed E-state index contributed by atoms with van der Waals surface area (Å²) in [6.07, 6.45) is -2.38. The molecule has 0 bridgehead atoms. The SMILES string of the molecule is CCSc1ccc(CNC(=O)c2ccc3c(c2)cc(Cc2ccc(Cl)cc2C(F)(F)F)n3C2CC2)cc1. The Morgan fingerprint density at radius 2 is 1.81 bits per heavy atom. The molecule has 4 aromatic rings. The van der Waals surface area contributed by atoms with Gasteiger partial charge in [-0.25, -0.2) is 0 Å². The minimum absolute atomic E-state index is 0.0604. The fourth-order valence-corrected chi connectivity index (χ4v) is 5.49. The molecule has 1 heterocycles. The molecule has 1 amide bonds. The molecule has 1 fully saturated rings. The van der Waals surface area contributed by atoms with Gasteiger partial charge in [-0.15, -0.1) is 11.8 Å². The topological polar surface area (TPSA) is 34.0 Å². The number of hydrogen-bond acceptors (Lipinski definition) is 2. The molecular formula is C29H26ClF3N2OS. The third kappa shape index (κ3) is 5.83. The van der Waals surface area contributed by atoms with E-state index < -0.39 is 11.7 Å². The summed E-state index contributed by atoms with van der Waals surface area (Å²) in [6, 6.07) is 19.7. The van der Waals surface area contributed by atoms with E-state index in [1.165, 1.54) is 17.0 Å². The summed E-state index contributed by atoms with van der Waals surface area (Å²) in [4.78, 5) is 14.1. The van der Waals surface area contributed by atoms with Gasteiger partial charge in [-0.3, -0.25) is 4.79 Å². The Labute approximate surface area is 223 Å². The molecule has 1 N–H and O–H groups in total. The van der Waals surface area contributed by atoms with Gasteiger partial charge in [-0.1, -0.05) is 36.7 Å². The Morgan fingerprint density at radius 1 is 1.05 bits per heavy atom. The van der Waals surface area contributed by atoms with E-state index in [9.17, 15) is 18.0 Å². The lowest BCUT2D eigenvalue weighted by Crippen LogP contribution is -2.22. The highest BCUT2D eigenvalue weighted by atomic mass is 35.5. The van der Waals surface area contributed by atoms with Crippen molar-refractivity contribution in [3.63, 3.8) is 0 Å². The van der Waals surface area contributed by atoms with Crippen molar-refractivity contribution in [3.05, 3.63) is 99.7 Å². The molecule has 0 atom stereocenters. The maximum Gasteiger partial charge on any atom is 0.416 e. The predicted octanol–water partition coefficient (Wildman–Crippen LogP) is 8.28. The number of benzene rings is 3. The van der Waals surface area contributed by atoms with Gasteiger partial charge in [0.15, 0.2) is 0 Å². The van der Waals surface area contributed by atoms with Crippen molar-refractivity contribution in [2.24, 2.45) is 0 Å². The van der Waals surface area contributed by atoms with E-state index in [0.29, 0.717) is 12.1 Å². The van der Waals surface area contributed by atoms with Crippen LogP contribution in [0.5, 0.6) is 0 Å². The molecule has 0 saturated heterocycles. The van der Waals surface area contributed by atoms with Crippen molar-refractivity contribution < 1.29 is 18.0 Å². The number of amides is 1. The molecule has 0 aliphatic heterocycles. The van der Waals surface area contributed by atoms with Crippen LogP contribution in [-0.2, 0) is 19.1 Å². The van der Waals surface area contributed by atoms with Crippen LogP contribution in [0.2, 0.25) is 5.02 Å². The summed E-state index contributed by atoms with van der Waals surface area (Å²) >= 11 is 7.64. The van der Waals surface area contributed by atoms with E-state index in [4.69, 9.17) is 11.6 Å². The van der Waals surface area contributed by atoms with Crippen molar-refractivity contribution in [3.8, 4) is 0 Å². The van der Waals surface area contributed by atoms with Crippen LogP contribution in [0.15, 0.2) is 71.6 Å². The van der Waals surface area contributed by atoms with Crippen molar-refractivity contribution in [2.45, 2.75) is 49.8 Å². The zero-order chi connectivity index (χ0) is 26.2. The lowest BCUT2D eigenvalue weighted by Gasteiger charge is -2.15. The Balaban J connectivity index is 1.39. The van der Waals surface area contributed by atoms with Crippen molar-refractivity contribution in [1.82, 2.24) is 9.88 Å². The minimum atomic E-state index is -4.49. The number of halogens is 4. The first kappa shape index (κ1) is 25.7. The molecule has 1 saturated carbocycles. The highest BCUT2D eigenvalue weighted by Gasteiger charge is 2.34. The first-order chi connectivity index (χ1) is 17.7. The van der Waals surface area contributed by atoms with Crippen LogP contribution in [0.3, 0.4) is 0 Å². The van der Waals surface area contributed by atoms with E-state index in [1.807, 2.05) is 30.3 Å². The number of aromatic nitrogens is 1. The summed E-state index contributed by atoms with van der Waals surface area (Å²) in [5.74, 6) is 0.818. The number of alkyl halides is 3. The van der Waals surface area contributed by atoms with Gasteiger partial charge in [0.2, 0.25) is 0 Å². The van der Waals surface area contributed by atoms with E-state index >= 15 is 0 Å². The van der Waals surface area contributed by atoms with Crippen molar-refractivity contribution in [1.29, 1.82) is 0 Å². The highest BCUT2D eigenvalue weighted by molar-refractivity contribution is 7.99. The molecule has 0 spiro atoms. The summed E-state index contributed by atoms with van der Waals surface area (Å²) in [7, 11) is 0. The van der Waals surface area contributed by atoms with Crippen molar-refractivity contribution >= 4 is 40.2 Å². The van der Waals surface area contributed by atoms with Crippen LogP contribution in [0, 0.1) is 0 Å². The number of fused-ring (bicyclic) bond motifs is 1.